The number of unbranched alkanes of at least 4 members (excludes halogenated alkanes) is 5. The van der Waals surface area contributed by atoms with Crippen molar-refractivity contribution in [1.82, 2.24) is 0 Å². The van der Waals surface area contributed by atoms with E-state index in [9.17, 15) is 0 Å². The molecule has 0 N–H and O–H groups in total. The van der Waals surface area contributed by atoms with Gasteiger partial charge in [-0.1, -0.05) is 45.1 Å². The van der Waals surface area contributed by atoms with E-state index < -0.39 is 0 Å². The Kier molecular flexibility index (Phi) is 9.13. The first-order chi connectivity index (χ1) is 9.76. The van der Waals surface area contributed by atoms with Crippen molar-refractivity contribution in [3.05, 3.63) is 28.8 Å². The van der Waals surface area contributed by atoms with Gasteiger partial charge in [-0.3, -0.25) is 0 Å². The molecule has 0 fully saturated rings. The van der Waals surface area contributed by atoms with Gasteiger partial charge >= 0.3 is 0 Å². The first-order valence-corrected chi connectivity index (χ1v) is 8.64. The predicted octanol–water partition coefficient (Wildman–Crippen LogP) is 6.08. The summed E-state index contributed by atoms with van der Waals surface area (Å²) in [7, 11) is 1.68. The van der Waals surface area contributed by atoms with Gasteiger partial charge in [-0.05, 0) is 30.0 Å². The molecule has 1 nitrogen and oxygen atoms in total. The van der Waals surface area contributed by atoms with Gasteiger partial charge in [-0.2, -0.15) is 0 Å². The van der Waals surface area contributed by atoms with Crippen LogP contribution in [-0.2, 0) is 18.2 Å². The minimum Gasteiger partial charge on any atom is -0.496 e. The Hall–Kier alpha value is -0.400. The fourth-order valence-electron chi connectivity index (χ4n) is 2.47. The lowest BCUT2D eigenvalue weighted by molar-refractivity contribution is 0.410. The van der Waals surface area contributed by atoms with Crippen LogP contribution >= 0.6 is 23.2 Å². The van der Waals surface area contributed by atoms with Crippen LogP contribution in [0.5, 0.6) is 5.75 Å². The second-order valence-corrected chi connectivity index (χ2v) is 5.75. The molecule has 0 spiro atoms. The summed E-state index contributed by atoms with van der Waals surface area (Å²) in [5, 5.41) is 0. The van der Waals surface area contributed by atoms with Gasteiger partial charge in [0.15, 0.2) is 0 Å². The van der Waals surface area contributed by atoms with Crippen molar-refractivity contribution in [2.45, 2.75) is 63.6 Å². The molecule has 0 heterocycles. The molecule has 0 atom stereocenters. The highest BCUT2D eigenvalue weighted by Crippen LogP contribution is 2.27. The van der Waals surface area contributed by atoms with Crippen LogP contribution in [0.1, 0.15) is 62.1 Å². The van der Waals surface area contributed by atoms with Crippen molar-refractivity contribution in [1.29, 1.82) is 0 Å². The number of benzene rings is 1. The Bertz CT molecular complexity index is 391. The predicted molar refractivity (Wildman–Crippen MR) is 89.2 cm³/mol. The molecular formula is C17H26Cl2O. The van der Waals surface area contributed by atoms with Gasteiger partial charge < -0.3 is 4.74 Å². The molecule has 0 aliphatic heterocycles. The summed E-state index contributed by atoms with van der Waals surface area (Å²) in [6.07, 6.45) is 8.95. The lowest BCUT2D eigenvalue weighted by Crippen LogP contribution is -1.98. The standard InChI is InChI=1S/C17H26Cl2O/c1-3-4-5-6-7-8-9-14-10-16(13-19)17(20-2)11-15(14)12-18/h10-11H,3-9,12-13H2,1-2H3. The Balaban J connectivity index is 2.59. The van der Waals surface area contributed by atoms with E-state index in [0.29, 0.717) is 11.8 Å². The van der Waals surface area contributed by atoms with Crippen LogP contribution < -0.4 is 4.74 Å². The third kappa shape index (κ3) is 5.54. The molecule has 0 saturated heterocycles. The van der Waals surface area contributed by atoms with Crippen molar-refractivity contribution in [3.8, 4) is 5.75 Å². The fourth-order valence-corrected chi connectivity index (χ4v) is 2.92. The maximum absolute atomic E-state index is 6.05. The van der Waals surface area contributed by atoms with E-state index in [-0.39, 0.29) is 0 Å². The normalized spacial score (nSPS) is 10.8. The molecule has 0 aromatic heterocycles. The van der Waals surface area contributed by atoms with E-state index in [1.54, 1.807) is 7.11 Å². The molecule has 0 radical (unpaired) electrons. The summed E-state index contributed by atoms with van der Waals surface area (Å²) in [6.45, 7) is 2.25. The average molecular weight is 317 g/mol. The lowest BCUT2D eigenvalue weighted by atomic mass is 9.98. The van der Waals surface area contributed by atoms with Crippen LogP contribution in [0.2, 0.25) is 0 Å². The van der Waals surface area contributed by atoms with Crippen molar-refractivity contribution in [3.63, 3.8) is 0 Å². The Morgan fingerprint density at radius 3 is 2.10 bits per heavy atom. The summed E-state index contributed by atoms with van der Waals surface area (Å²) in [4.78, 5) is 0. The first kappa shape index (κ1) is 17.7. The molecule has 0 aliphatic carbocycles. The van der Waals surface area contributed by atoms with Crippen molar-refractivity contribution in [2.24, 2.45) is 0 Å². The van der Waals surface area contributed by atoms with Crippen LogP contribution in [0.25, 0.3) is 0 Å². The third-order valence-electron chi connectivity index (χ3n) is 3.69. The van der Waals surface area contributed by atoms with Gasteiger partial charge in [0.1, 0.15) is 5.75 Å². The van der Waals surface area contributed by atoms with E-state index in [2.05, 4.69) is 13.0 Å². The highest BCUT2D eigenvalue weighted by Gasteiger charge is 2.09. The molecule has 0 unspecified atom stereocenters. The van der Waals surface area contributed by atoms with Gasteiger partial charge in [0, 0.05) is 11.4 Å². The summed E-state index contributed by atoms with van der Waals surface area (Å²) < 4.78 is 5.36. The van der Waals surface area contributed by atoms with Crippen molar-refractivity contribution >= 4 is 23.2 Å². The molecule has 114 valence electrons. The first-order valence-electron chi connectivity index (χ1n) is 7.57. The van der Waals surface area contributed by atoms with Crippen molar-refractivity contribution in [2.75, 3.05) is 7.11 Å². The molecular weight excluding hydrogens is 291 g/mol. The van der Waals surface area contributed by atoms with Gasteiger partial charge in [-0.25, -0.2) is 0 Å². The minimum atomic E-state index is 0.481. The fraction of sp³-hybridized carbons (Fsp3) is 0.647. The Labute approximate surface area is 133 Å². The van der Waals surface area contributed by atoms with Gasteiger partial charge in [-0.15, -0.1) is 23.2 Å². The topological polar surface area (TPSA) is 9.23 Å². The molecule has 3 heteroatoms. The smallest absolute Gasteiger partial charge is 0.123 e. The molecule has 1 aromatic rings. The number of methoxy groups -OCH3 is 1. The van der Waals surface area contributed by atoms with Gasteiger partial charge in [0.25, 0.3) is 0 Å². The Morgan fingerprint density at radius 1 is 0.850 bits per heavy atom. The summed E-state index contributed by atoms with van der Waals surface area (Å²) >= 11 is 12.0. The van der Waals surface area contributed by atoms with E-state index >= 15 is 0 Å². The van der Waals surface area contributed by atoms with Crippen LogP contribution in [0.3, 0.4) is 0 Å². The molecule has 20 heavy (non-hydrogen) atoms. The zero-order valence-corrected chi connectivity index (χ0v) is 14.2. The zero-order chi connectivity index (χ0) is 14.8. The average Bonchev–Trinajstić information content (AvgIpc) is 2.49. The van der Waals surface area contributed by atoms with E-state index in [4.69, 9.17) is 27.9 Å². The number of alkyl halides is 2. The third-order valence-corrected chi connectivity index (χ3v) is 4.27. The summed E-state index contributed by atoms with van der Waals surface area (Å²) in [5.41, 5.74) is 3.56. The molecule has 0 aliphatic rings. The molecule has 0 bridgehead atoms. The van der Waals surface area contributed by atoms with E-state index in [0.717, 1.165) is 17.7 Å². The molecule has 1 aromatic carbocycles. The highest BCUT2D eigenvalue weighted by atomic mass is 35.5. The number of aryl methyl sites for hydroxylation is 1. The number of ether oxygens (including phenoxy) is 1. The van der Waals surface area contributed by atoms with E-state index in [1.807, 2.05) is 6.07 Å². The number of halogens is 2. The number of hydrogen-bond acceptors (Lipinski definition) is 1. The monoisotopic (exact) mass is 316 g/mol. The highest BCUT2D eigenvalue weighted by molar-refractivity contribution is 6.17. The Morgan fingerprint density at radius 2 is 1.50 bits per heavy atom. The largest absolute Gasteiger partial charge is 0.496 e. The lowest BCUT2D eigenvalue weighted by Gasteiger charge is -2.13. The molecule has 0 amide bonds. The van der Waals surface area contributed by atoms with E-state index in [1.165, 1.54) is 49.7 Å². The van der Waals surface area contributed by atoms with Crippen molar-refractivity contribution < 1.29 is 4.74 Å². The van der Waals surface area contributed by atoms with Crippen LogP contribution in [0.15, 0.2) is 12.1 Å². The maximum Gasteiger partial charge on any atom is 0.123 e. The van der Waals surface area contributed by atoms with Gasteiger partial charge in [0.05, 0.1) is 13.0 Å². The SMILES string of the molecule is CCCCCCCCc1cc(CCl)c(OC)cc1CCl. The minimum absolute atomic E-state index is 0.481. The summed E-state index contributed by atoms with van der Waals surface area (Å²) in [5.74, 6) is 1.86. The van der Waals surface area contributed by atoms with Gasteiger partial charge in [0.2, 0.25) is 0 Å². The van der Waals surface area contributed by atoms with Crippen LogP contribution in [0, 0.1) is 0 Å². The second-order valence-electron chi connectivity index (χ2n) is 5.22. The van der Waals surface area contributed by atoms with Crippen LogP contribution in [-0.4, -0.2) is 7.11 Å². The maximum atomic E-state index is 6.05. The zero-order valence-electron chi connectivity index (χ0n) is 12.7. The van der Waals surface area contributed by atoms with Crippen LogP contribution in [0.4, 0.5) is 0 Å². The molecule has 0 saturated carbocycles. The summed E-state index contributed by atoms with van der Waals surface area (Å²) in [6, 6.07) is 4.20. The quantitative estimate of drug-likeness (QED) is 0.375. The number of rotatable bonds is 10. The molecule has 1 rings (SSSR count). The number of hydrogen-bond donors (Lipinski definition) is 0. The second kappa shape index (κ2) is 10.3.